The summed E-state index contributed by atoms with van der Waals surface area (Å²) in [6.45, 7) is 0. The van der Waals surface area contributed by atoms with E-state index in [0.717, 1.165) is 42.3 Å². The molecule has 32 heavy (non-hydrogen) atoms. The molecule has 1 aliphatic rings. The van der Waals surface area contributed by atoms with E-state index in [4.69, 9.17) is 11.6 Å². The summed E-state index contributed by atoms with van der Waals surface area (Å²) in [5, 5.41) is 10.5. The Morgan fingerprint density at radius 3 is 2.62 bits per heavy atom. The van der Waals surface area contributed by atoms with Crippen LogP contribution in [0.4, 0.5) is 0 Å². The van der Waals surface area contributed by atoms with E-state index in [-0.39, 0.29) is 18.1 Å². The topological polar surface area (TPSA) is 83.3 Å². The monoisotopic (exact) mass is 446 g/mol. The summed E-state index contributed by atoms with van der Waals surface area (Å²) in [5.74, 6) is -0.350. The fraction of sp³-hybridized carbons (Fsp3) is 0.240. The predicted molar refractivity (Wildman–Crippen MR) is 124 cm³/mol. The number of H-pyrrole nitrogens is 1. The molecule has 0 aliphatic heterocycles. The Morgan fingerprint density at radius 1 is 1.06 bits per heavy atom. The van der Waals surface area contributed by atoms with Crippen molar-refractivity contribution in [2.75, 3.05) is 0 Å². The van der Waals surface area contributed by atoms with Crippen LogP contribution in [0.2, 0.25) is 5.02 Å². The minimum absolute atomic E-state index is 0.178. The number of pyridine rings is 1. The smallest absolute Gasteiger partial charge is 0.280 e. The molecule has 6 nitrogen and oxygen atoms in total. The highest BCUT2D eigenvalue weighted by Crippen LogP contribution is 2.30. The van der Waals surface area contributed by atoms with Crippen molar-refractivity contribution in [2.45, 2.75) is 37.8 Å². The summed E-state index contributed by atoms with van der Waals surface area (Å²) < 4.78 is 2.11. The van der Waals surface area contributed by atoms with Crippen molar-refractivity contribution in [2.24, 2.45) is 4.99 Å². The lowest BCUT2D eigenvalue weighted by molar-refractivity contribution is 0.0990. The second-order valence-electron chi connectivity index (χ2n) is 8.12. The van der Waals surface area contributed by atoms with Crippen LogP contribution in [0.1, 0.15) is 42.1 Å². The average molecular weight is 447 g/mol. The molecule has 162 valence electrons. The van der Waals surface area contributed by atoms with Crippen molar-refractivity contribution >= 4 is 28.5 Å². The maximum Gasteiger partial charge on any atom is 0.280 e. The molecule has 1 aliphatic carbocycles. The van der Waals surface area contributed by atoms with E-state index in [1.165, 1.54) is 0 Å². The minimum atomic E-state index is -0.350. The predicted octanol–water partition coefficient (Wildman–Crippen LogP) is 4.90. The lowest BCUT2D eigenvalue weighted by atomic mass is 9.93. The number of aliphatic hydroxyl groups excluding tert-OH is 1. The van der Waals surface area contributed by atoms with Gasteiger partial charge in [0.05, 0.1) is 22.8 Å². The van der Waals surface area contributed by atoms with E-state index in [1.807, 2.05) is 42.5 Å². The van der Waals surface area contributed by atoms with Gasteiger partial charge in [-0.05, 0) is 56.0 Å². The summed E-state index contributed by atoms with van der Waals surface area (Å²) in [4.78, 5) is 25.3. The van der Waals surface area contributed by atoms with Crippen LogP contribution in [-0.4, -0.2) is 31.7 Å². The molecule has 0 saturated heterocycles. The van der Waals surface area contributed by atoms with Gasteiger partial charge < -0.3 is 14.7 Å². The number of hydrogen-bond donors (Lipinski definition) is 2. The third-order valence-electron chi connectivity index (χ3n) is 6.03. The fourth-order valence-electron chi connectivity index (χ4n) is 4.39. The number of halogens is 1. The summed E-state index contributed by atoms with van der Waals surface area (Å²) in [6.07, 6.45) is 4.53. The molecular formula is C25H23ClN4O2. The maximum atomic E-state index is 13.1. The molecule has 2 N–H and O–H groups in total. The molecule has 2 heterocycles. The van der Waals surface area contributed by atoms with Crippen LogP contribution >= 0.6 is 11.6 Å². The van der Waals surface area contributed by atoms with Gasteiger partial charge in [0.15, 0.2) is 0 Å². The van der Waals surface area contributed by atoms with Gasteiger partial charge in [0.1, 0.15) is 0 Å². The maximum absolute atomic E-state index is 13.1. The van der Waals surface area contributed by atoms with Crippen LogP contribution in [0.15, 0.2) is 71.9 Å². The van der Waals surface area contributed by atoms with Crippen molar-refractivity contribution < 1.29 is 9.90 Å². The summed E-state index contributed by atoms with van der Waals surface area (Å²) in [6, 6.07) is 18.9. The van der Waals surface area contributed by atoms with Crippen LogP contribution in [0.5, 0.6) is 0 Å². The Kier molecular flexibility index (Phi) is 5.64. The molecule has 0 radical (unpaired) electrons. The summed E-state index contributed by atoms with van der Waals surface area (Å²) >= 11 is 6.31. The van der Waals surface area contributed by atoms with E-state index in [9.17, 15) is 9.90 Å². The third-order valence-corrected chi connectivity index (χ3v) is 6.36. The van der Waals surface area contributed by atoms with Gasteiger partial charge >= 0.3 is 0 Å². The molecule has 0 atom stereocenters. The zero-order chi connectivity index (χ0) is 22.1. The Balaban J connectivity index is 1.56. The first-order chi connectivity index (χ1) is 15.6. The van der Waals surface area contributed by atoms with Gasteiger partial charge in [0.2, 0.25) is 5.62 Å². The number of amides is 1. The lowest BCUT2D eigenvalue weighted by Crippen LogP contribution is -2.29. The van der Waals surface area contributed by atoms with E-state index in [1.54, 1.807) is 24.4 Å². The van der Waals surface area contributed by atoms with E-state index >= 15 is 0 Å². The number of fused-ring (bicyclic) bond motifs is 1. The molecule has 2 aromatic heterocycles. The molecule has 2 aromatic carbocycles. The molecule has 4 aromatic rings. The largest absolute Gasteiger partial charge is 0.393 e. The first kappa shape index (κ1) is 20.7. The second-order valence-corrected chi connectivity index (χ2v) is 8.53. The van der Waals surface area contributed by atoms with Gasteiger partial charge in [-0.3, -0.25) is 9.78 Å². The second kappa shape index (κ2) is 8.73. The number of imidazole rings is 1. The number of nitrogens with zero attached hydrogens (tertiary/aromatic N) is 3. The van der Waals surface area contributed by atoms with Crippen LogP contribution in [0, 0.1) is 0 Å². The van der Waals surface area contributed by atoms with E-state index in [0.29, 0.717) is 21.9 Å². The minimum Gasteiger partial charge on any atom is -0.393 e. The molecule has 1 amide bonds. The first-order valence-corrected chi connectivity index (χ1v) is 11.2. The van der Waals surface area contributed by atoms with Crippen molar-refractivity contribution in [1.82, 2.24) is 14.5 Å². The number of hydrogen-bond acceptors (Lipinski definition) is 3. The third kappa shape index (κ3) is 3.99. The normalized spacial score (nSPS) is 19.4. The zero-order valence-corrected chi connectivity index (χ0v) is 18.2. The van der Waals surface area contributed by atoms with E-state index < -0.39 is 0 Å². The molecule has 1 saturated carbocycles. The number of aliphatic hydroxyl groups is 1. The SMILES string of the molecule is O=C(/N=c1\[nH]c2ccccc2n1[C@H]1CC[C@@H](O)CC1)c1ccnc(-c2ccccc2Cl)c1. The van der Waals surface area contributed by atoms with E-state index in [2.05, 4.69) is 19.5 Å². The highest BCUT2D eigenvalue weighted by Gasteiger charge is 2.23. The number of aromatic amines is 1. The quantitative estimate of drug-likeness (QED) is 0.469. The molecular weight excluding hydrogens is 424 g/mol. The van der Waals surface area contributed by atoms with Crippen LogP contribution < -0.4 is 5.62 Å². The van der Waals surface area contributed by atoms with Gasteiger partial charge in [-0.25, -0.2) is 0 Å². The fourth-order valence-corrected chi connectivity index (χ4v) is 4.63. The first-order valence-electron chi connectivity index (χ1n) is 10.8. The molecule has 5 rings (SSSR count). The van der Waals surface area contributed by atoms with Gasteiger partial charge in [0.25, 0.3) is 5.91 Å². The van der Waals surface area contributed by atoms with Gasteiger partial charge in [0, 0.05) is 28.4 Å². The Morgan fingerprint density at radius 2 is 1.81 bits per heavy atom. The molecule has 0 unspecified atom stereocenters. The van der Waals surface area contributed by atoms with Gasteiger partial charge in [-0.15, -0.1) is 0 Å². The standard InChI is InChI=1S/C25H23ClN4O2/c26-20-6-2-1-5-19(20)22-15-16(13-14-27-22)24(32)29-25-28-21-7-3-4-8-23(21)30(25)17-9-11-18(31)12-10-17/h1-8,13-15,17-18,31H,9-12H2,(H,28,29,32)/t17-,18+. The van der Waals surface area contributed by atoms with Crippen LogP contribution in [0.25, 0.3) is 22.3 Å². The summed E-state index contributed by atoms with van der Waals surface area (Å²) in [7, 11) is 0. The van der Waals surface area contributed by atoms with Crippen molar-refractivity contribution in [3.05, 3.63) is 83.1 Å². The van der Waals surface area contributed by atoms with Crippen molar-refractivity contribution in [3.63, 3.8) is 0 Å². The highest BCUT2D eigenvalue weighted by molar-refractivity contribution is 6.33. The number of carbonyl (C=O) groups is 1. The number of nitrogens with one attached hydrogen (secondary N) is 1. The van der Waals surface area contributed by atoms with Crippen molar-refractivity contribution in [3.8, 4) is 11.3 Å². The number of benzene rings is 2. The lowest BCUT2D eigenvalue weighted by Gasteiger charge is -2.27. The average Bonchev–Trinajstić information content (AvgIpc) is 3.18. The Hall–Kier alpha value is -3.22. The highest BCUT2D eigenvalue weighted by atomic mass is 35.5. The van der Waals surface area contributed by atoms with Crippen LogP contribution in [-0.2, 0) is 0 Å². The molecule has 0 spiro atoms. The van der Waals surface area contributed by atoms with Crippen LogP contribution in [0.3, 0.4) is 0 Å². The van der Waals surface area contributed by atoms with Gasteiger partial charge in [-0.2, -0.15) is 4.99 Å². The zero-order valence-electron chi connectivity index (χ0n) is 17.4. The molecule has 7 heteroatoms. The Bertz CT molecular complexity index is 1350. The van der Waals surface area contributed by atoms with Gasteiger partial charge in [-0.1, -0.05) is 41.9 Å². The summed E-state index contributed by atoms with van der Waals surface area (Å²) in [5.41, 5.74) is 4.30. The number of carbonyl (C=O) groups excluding carboxylic acids is 1. The Labute approximate surface area is 190 Å². The number of para-hydroxylation sites is 2. The molecule has 0 bridgehead atoms. The number of aromatic nitrogens is 3. The molecule has 1 fully saturated rings. The van der Waals surface area contributed by atoms with Crippen molar-refractivity contribution in [1.29, 1.82) is 0 Å². The number of rotatable bonds is 3.